The molecule has 0 aliphatic carbocycles. The minimum absolute atomic E-state index is 0.633. The van der Waals surface area contributed by atoms with Crippen LogP contribution in [0.1, 0.15) is 5.56 Å². The molecule has 0 radical (unpaired) electrons. The van der Waals surface area contributed by atoms with E-state index < -0.39 is 0 Å². The number of hydrogen-bond acceptors (Lipinski definition) is 3. The van der Waals surface area contributed by atoms with Gasteiger partial charge in [-0.05, 0) is 6.92 Å². The van der Waals surface area contributed by atoms with E-state index in [4.69, 9.17) is 4.74 Å². The summed E-state index contributed by atoms with van der Waals surface area (Å²) >= 11 is 0. The predicted octanol–water partition coefficient (Wildman–Crippen LogP) is 1.05. The van der Waals surface area contributed by atoms with E-state index in [2.05, 4.69) is 9.97 Å². The SMILES string of the molecule is COc1nc2nccn2cc1C. The normalized spacial score (nSPS) is 10.5. The second-order valence-electron chi connectivity index (χ2n) is 2.57. The third-order valence-electron chi connectivity index (χ3n) is 1.71. The molecule has 12 heavy (non-hydrogen) atoms. The summed E-state index contributed by atoms with van der Waals surface area (Å²) in [6.45, 7) is 1.95. The molecule has 0 aliphatic rings. The summed E-state index contributed by atoms with van der Waals surface area (Å²) in [7, 11) is 1.61. The largest absolute Gasteiger partial charge is 0.481 e. The lowest BCUT2D eigenvalue weighted by Crippen LogP contribution is -1.95. The van der Waals surface area contributed by atoms with Crippen molar-refractivity contribution < 1.29 is 4.74 Å². The van der Waals surface area contributed by atoms with Crippen molar-refractivity contribution in [3.8, 4) is 5.88 Å². The number of nitrogens with zero attached hydrogens (tertiary/aromatic N) is 3. The molecule has 0 bridgehead atoms. The molecule has 0 saturated carbocycles. The van der Waals surface area contributed by atoms with Crippen molar-refractivity contribution in [2.24, 2.45) is 0 Å². The molecule has 0 fully saturated rings. The third-order valence-corrected chi connectivity index (χ3v) is 1.71. The highest BCUT2D eigenvalue weighted by molar-refractivity contribution is 5.35. The van der Waals surface area contributed by atoms with Crippen molar-refractivity contribution in [2.75, 3.05) is 7.11 Å². The van der Waals surface area contributed by atoms with Crippen molar-refractivity contribution in [1.82, 2.24) is 14.4 Å². The average molecular weight is 163 g/mol. The Morgan fingerprint density at radius 3 is 3.08 bits per heavy atom. The second-order valence-corrected chi connectivity index (χ2v) is 2.57. The van der Waals surface area contributed by atoms with Crippen LogP contribution in [0.3, 0.4) is 0 Å². The summed E-state index contributed by atoms with van der Waals surface area (Å²) < 4.78 is 6.92. The van der Waals surface area contributed by atoms with Crippen molar-refractivity contribution in [1.29, 1.82) is 0 Å². The zero-order valence-corrected chi connectivity index (χ0v) is 6.98. The first kappa shape index (κ1) is 7.09. The molecule has 0 unspecified atom stereocenters. The lowest BCUT2D eigenvalue weighted by atomic mass is 10.4. The van der Waals surface area contributed by atoms with E-state index in [0.29, 0.717) is 11.7 Å². The van der Waals surface area contributed by atoms with Gasteiger partial charge in [-0.2, -0.15) is 4.98 Å². The number of fused-ring (bicyclic) bond motifs is 1. The summed E-state index contributed by atoms with van der Waals surface area (Å²) in [5.41, 5.74) is 1.00. The van der Waals surface area contributed by atoms with Gasteiger partial charge in [0.1, 0.15) is 0 Å². The van der Waals surface area contributed by atoms with E-state index in [0.717, 1.165) is 5.56 Å². The maximum absolute atomic E-state index is 5.06. The highest BCUT2D eigenvalue weighted by atomic mass is 16.5. The van der Waals surface area contributed by atoms with Gasteiger partial charge in [-0.15, -0.1) is 0 Å². The van der Waals surface area contributed by atoms with Crippen LogP contribution in [0.15, 0.2) is 18.6 Å². The van der Waals surface area contributed by atoms with E-state index in [1.807, 2.05) is 23.7 Å². The van der Waals surface area contributed by atoms with Gasteiger partial charge in [0.05, 0.1) is 7.11 Å². The molecule has 0 amide bonds. The fourth-order valence-corrected chi connectivity index (χ4v) is 1.14. The van der Waals surface area contributed by atoms with Gasteiger partial charge in [-0.25, -0.2) is 4.98 Å². The van der Waals surface area contributed by atoms with E-state index in [1.165, 1.54) is 0 Å². The number of aryl methyl sites for hydroxylation is 1. The summed E-state index contributed by atoms with van der Waals surface area (Å²) in [6.07, 6.45) is 5.50. The lowest BCUT2D eigenvalue weighted by Gasteiger charge is -2.02. The Hall–Kier alpha value is -1.58. The van der Waals surface area contributed by atoms with Gasteiger partial charge >= 0.3 is 0 Å². The molecular formula is C8H9N3O. The molecule has 0 atom stereocenters. The van der Waals surface area contributed by atoms with E-state index in [9.17, 15) is 0 Å². The molecule has 0 saturated heterocycles. The summed E-state index contributed by atoms with van der Waals surface area (Å²) in [6, 6.07) is 0. The van der Waals surface area contributed by atoms with Crippen LogP contribution < -0.4 is 4.74 Å². The zero-order chi connectivity index (χ0) is 8.55. The zero-order valence-electron chi connectivity index (χ0n) is 6.98. The first-order valence-electron chi connectivity index (χ1n) is 3.65. The van der Waals surface area contributed by atoms with Gasteiger partial charge in [-0.1, -0.05) is 0 Å². The quantitative estimate of drug-likeness (QED) is 0.630. The summed E-state index contributed by atoms with van der Waals surface area (Å²) in [5, 5.41) is 0. The molecule has 0 N–H and O–H groups in total. The Kier molecular flexibility index (Phi) is 1.46. The molecule has 2 aromatic rings. The van der Waals surface area contributed by atoms with Crippen molar-refractivity contribution in [3.63, 3.8) is 0 Å². The molecule has 0 spiro atoms. The Morgan fingerprint density at radius 2 is 2.33 bits per heavy atom. The Balaban J connectivity index is 2.73. The van der Waals surface area contributed by atoms with Gasteiger partial charge in [0.2, 0.25) is 11.7 Å². The summed E-state index contributed by atoms with van der Waals surface area (Å²) in [4.78, 5) is 8.22. The number of ether oxygens (including phenoxy) is 1. The van der Waals surface area contributed by atoms with Crippen LogP contribution in [-0.4, -0.2) is 21.5 Å². The van der Waals surface area contributed by atoms with Crippen LogP contribution in [0.4, 0.5) is 0 Å². The van der Waals surface area contributed by atoms with Gasteiger partial charge in [-0.3, -0.25) is 4.40 Å². The molecular weight excluding hydrogens is 154 g/mol. The minimum atomic E-state index is 0.633. The number of imidazole rings is 1. The van der Waals surface area contributed by atoms with Gasteiger partial charge in [0.25, 0.3) is 0 Å². The van der Waals surface area contributed by atoms with Crippen LogP contribution in [0.2, 0.25) is 0 Å². The van der Waals surface area contributed by atoms with Crippen LogP contribution in [-0.2, 0) is 0 Å². The highest BCUT2D eigenvalue weighted by Gasteiger charge is 2.02. The Bertz CT molecular complexity index is 408. The fraction of sp³-hybridized carbons (Fsp3) is 0.250. The van der Waals surface area contributed by atoms with Crippen molar-refractivity contribution in [2.45, 2.75) is 6.92 Å². The monoisotopic (exact) mass is 163 g/mol. The molecule has 4 nitrogen and oxygen atoms in total. The predicted molar refractivity (Wildman–Crippen MR) is 44.3 cm³/mol. The van der Waals surface area contributed by atoms with Crippen molar-refractivity contribution in [3.05, 3.63) is 24.2 Å². The number of rotatable bonds is 1. The smallest absolute Gasteiger partial charge is 0.237 e. The molecule has 0 aromatic carbocycles. The maximum Gasteiger partial charge on any atom is 0.237 e. The topological polar surface area (TPSA) is 39.4 Å². The molecule has 2 aromatic heterocycles. The van der Waals surface area contributed by atoms with E-state index in [-0.39, 0.29) is 0 Å². The maximum atomic E-state index is 5.06. The van der Waals surface area contributed by atoms with E-state index in [1.54, 1.807) is 13.3 Å². The molecule has 2 heterocycles. The third kappa shape index (κ3) is 0.922. The van der Waals surface area contributed by atoms with Gasteiger partial charge in [0.15, 0.2) is 0 Å². The highest BCUT2D eigenvalue weighted by Crippen LogP contribution is 2.13. The Morgan fingerprint density at radius 1 is 1.50 bits per heavy atom. The molecule has 0 aliphatic heterocycles. The van der Waals surface area contributed by atoms with Crippen LogP contribution >= 0.6 is 0 Å². The fourth-order valence-electron chi connectivity index (χ4n) is 1.14. The average Bonchev–Trinajstić information content (AvgIpc) is 2.49. The first-order valence-corrected chi connectivity index (χ1v) is 3.65. The van der Waals surface area contributed by atoms with Gasteiger partial charge < -0.3 is 4.74 Å². The lowest BCUT2D eigenvalue weighted by molar-refractivity contribution is 0.394. The second kappa shape index (κ2) is 2.48. The number of methoxy groups -OCH3 is 1. The minimum Gasteiger partial charge on any atom is -0.481 e. The number of hydrogen-bond donors (Lipinski definition) is 0. The molecule has 2 rings (SSSR count). The number of aromatic nitrogens is 3. The van der Waals surface area contributed by atoms with Crippen LogP contribution in [0.25, 0.3) is 5.78 Å². The van der Waals surface area contributed by atoms with Crippen LogP contribution in [0.5, 0.6) is 5.88 Å². The Labute approximate surface area is 69.8 Å². The van der Waals surface area contributed by atoms with Gasteiger partial charge in [0, 0.05) is 24.2 Å². The molecule has 4 heteroatoms. The first-order chi connectivity index (χ1) is 5.81. The van der Waals surface area contributed by atoms with E-state index >= 15 is 0 Å². The molecule has 62 valence electrons. The van der Waals surface area contributed by atoms with Crippen LogP contribution in [0, 0.1) is 6.92 Å². The standard InChI is InChI=1S/C8H9N3O/c1-6-5-11-4-3-9-8(11)10-7(6)12-2/h3-5H,1-2H3. The van der Waals surface area contributed by atoms with Crippen molar-refractivity contribution >= 4 is 5.78 Å². The summed E-state index contributed by atoms with van der Waals surface area (Å²) in [5.74, 6) is 1.30.